The van der Waals surface area contributed by atoms with Crippen molar-refractivity contribution in [1.82, 2.24) is 4.90 Å². The first-order chi connectivity index (χ1) is 13.5. The molecule has 1 amide bonds. The lowest BCUT2D eigenvalue weighted by atomic mass is 9.97. The Morgan fingerprint density at radius 1 is 1.11 bits per heavy atom. The van der Waals surface area contributed by atoms with Gasteiger partial charge in [0, 0.05) is 6.42 Å². The summed E-state index contributed by atoms with van der Waals surface area (Å²) in [7, 11) is 0. The number of hydrogen-bond donors (Lipinski definition) is 1. The molecule has 1 aliphatic rings. The topological polar surface area (TPSA) is 66.8 Å². The number of benzene rings is 3. The second kappa shape index (κ2) is 7.35. The molecule has 2 unspecified atom stereocenters. The minimum absolute atomic E-state index is 0.0185. The van der Waals surface area contributed by atoms with E-state index in [1.165, 1.54) is 4.90 Å². The average Bonchev–Trinajstić information content (AvgIpc) is 2.71. The maximum Gasteiger partial charge on any atom is 0.407 e. The van der Waals surface area contributed by atoms with Crippen molar-refractivity contribution < 1.29 is 19.4 Å². The van der Waals surface area contributed by atoms with Gasteiger partial charge in [-0.25, -0.2) is 4.79 Å². The molecule has 2 atom stereocenters. The highest BCUT2D eigenvalue weighted by molar-refractivity contribution is 5.99. The summed E-state index contributed by atoms with van der Waals surface area (Å²) in [4.78, 5) is 25.8. The lowest BCUT2D eigenvalue weighted by Crippen LogP contribution is -2.42. The van der Waals surface area contributed by atoms with Gasteiger partial charge in [-0.1, -0.05) is 54.6 Å². The lowest BCUT2D eigenvalue weighted by molar-refractivity contribution is 0.0674. The molecule has 3 aromatic carbocycles. The first kappa shape index (κ1) is 18.0. The van der Waals surface area contributed by atoms with Crippen LogP contribution in [-0.2, 0) is 0 Å². The number of rotatable bonds is 4. The van der Waals surface area contributed by atoms with Crippen LogP contribution in [0.2, 0.25) is 0 Å². The molecule has 0 saturated heterocycles. The summed E-state index contributed by atoms with van der Waals surface area (Å²) in [6.45, 7) is 1.99. The molecule has 0 radical (unpaired) electrons. The van der Waals surface area contributed by atoms with Gasteiger partial charge in [-0.05, 0) is 35.4 Å². The lowest BCUT2D eigenvalue weighted by Gasteiger charge is -2.33. The number of hydrogen-bond acceptors (Lipinski definition) is 3. The zero-order chi connectivity index (χ0) is 19.7. The van der Waals surface area contributed by atoms with Crippen LogP contribution in [0.15, 0.2) is 66.7 Å². The van der Waals surface area contributed by atoms with Crippen LogP contribution in [0.3, 0.4) is 0 Å². The van der Waals surface area contributed by atoms with Gasteiger partial charge in [0.15, 0.2) is 5.78 Å². The fourth-order valence-electron chi connectivity index (χ4n) is 3.84. The molecule has 0 bridgehead atoms. The number of ether oxygens (including phenoxy) is 1. The normalized spacial score (nSPS) is 16.9. The van der Waals surface area contributed by atoms with Gasteiger partial charge in [-0.3, -0.25) is 9.69 Å². The highest BCUT2D eigenvalue weighted by Gasteiger charge is 2.31. The fraction of sp³-hybridized carbons (Fsp3) is 0.217. The first-order valence-electron chi connectivity index (χ1n) is 9.30. The fourth-order valence-corrected chi connectivity index (χ4v) is 3.84. The van der Waals surface area contributed by atoms with Gasteiger partial charge in [0.2, 0.25) is 0 Å². The van der Waals surface area contributed by atoms with Crippen LogP contribution in [0.1, 0.15) is 35.3 Å². The molecule has 5 nitrogen and oxygen atoms in total. The number of ketones is 1. The Kier molecular flexibility index (Phi) is 4.74. The molecule has 0 saturated carbocycles. The van der Waals surface area contributed by atoms with E-state index >= 15 is 0 Å². The van der Waals surface area contributed by atoms with E-state index < -0.39 is 12.2 Å². The van der Waals surface area contributed by atoms with Gasteiger partial charge in [0.25, 0.3) is 0 Å². The summed E-state index contributed by atoms with van der Waals surface area (Å²) in [5.41, 5.74) is 1.49. The summed E-state index contributed by atoms with van der Waals surface area (Å²) in [6, 6.07) is 20.5. The number of carbonyl (C=O) groups excluding carboxylic acids is 1. The van der Waals surface area contributed by atoms with Crippen molar-refractivity contribution >= 4 is 22.6 Å². The molecule has 4 rings (SSSR count). The Hall–Kier alpha value is -3.34. The molecule has 0 fully saturated rings. The summed E-state index contributed by atoms with van der Waals surface area (Å²) < 4.78 is 5.93. The zero-order valence-corrected chi connectivity index (χ0v) is 15.5. The van der Waals surface area contributed by atoms with E-state index in [0.29, 0.717) is 11.3 Å². The molecular weight excluding hydrogens is 354 g/mol. The number of carbonyl (C=O) groups is 2. The van der Waals surface area contributed by atoms with Crippen molar-refractivity contribution in [3.05, 3.63) is 77.9 Å². The Morgan fingerprint density at radius 2 is 1.82 bits per heavy atom. The van der Waals surface area contributed by atoms with E-state index in [4.69, 9.17) is 4.74 Å². The minimum Gasteiger partial charge on any atom is -0.487 e. The van der Waals surface area contributed by atoms with Crippen LogP contribution < -0.4 is 4.74 Å². The molecule has 142 valence electrons. The second-order valence-corrected chi connectivity index (χ2v) is 7.04. The van der Waals surface area contributed by atoms with E-state index in [1.54, 1.807) is 18.2 Å². The molecule has 1 heterocycles. The number of para-hydroxylation sites is 1. The van der Waals surface area contributed by atoms with Crippen molar-refractivity contribution in [3.63, 3.8) is 0 Å². The number of Topliss-reactive ketones (excluding diaryl/α,β-unsaturated/α-hetero) is 1. The summed E-state index contributed by atoms with van der Waals surface area (Å²) in [5.74, 6) is 0.502. The van der Waals surface area contributed by atoms with E-state index in [1.807, 2.05) is 55.5 Å². The number of fused-ring (bicyclic) bond motifs is 2. The molecule has 0 spiro atoms. The number of amides is 1. The Morgan fingerprint density at radius 3 is 2.64 bits per heavy atom. The van der Waals surface area contributed by atoms with E-state index in [2.05, 4.69) is 0 Å². The zero-order valence-electron chi connectivity index (χ0n) is 15.5. The highest BCUT2D eigenvalue weighted by Crippen LogP contribution is 2.31. The van der Waals surface area contributed by atoms with Gasteiger partial charge in [-0.2, -0.15) is 0 Å². The molecule has 1 N–H and O–H groups in total. The largest absolute Gasteiger partial charge is 0.487 e. The number of nitrogens with zero attached hydrogens (tertiary/aromatic N) is 1. The van der Waals surface area contributed by atoms with Gasteiger partial charge >= 0.3 is 6.09 Å². The van der Waals surface area contributed by atoms with E-state index in [-0.39, 0.29) is 24.8 Å². The average molecular weight is 375 g/mol. The van der Waals surface area contributed by atoms with Crippen LogP contribution >= 0.6 is 0 Å². The summed E-state index contributed by atoms with van der Waals surface area (Å²) in [6.07, 6.45) is -1.37. The summed E-state index contributed by atoms with van der Waals surface area (Å²) in [5, 5.41) is 11.9. The first-order valence-corrected chi connectivity index (χ1v) is 9.30. The maximum atomic E-state index is 12.4. The van der Waals surface area contributed by atoms with Gasteiger partial charge in [-0.15, -0.1) is 0 Å². The number of carboxylic acid groups (broad SMARTS) is 1. The third-order valence-electron chi connectivity index (χ3n) is 5.28. The third-order valence-corrected chi connectivity index (χ3v) is 5.28. The summed E-state index contributed by atoms with van der Waals surface area (Å²) >= 11 is 0. The molecule has 0 aliphatic carbocycles. The van der Waals surface area contributed by atoms with Crippen LogP contribution in [0, 0.1) is 0 Å². The standard InChI is InChI=1S/C23H21NO4/c1-15(18-11-6-8-16-7-2-3-9-19(16)18)24(23(26)27)14-17-13-21(25)20-10-4-5-12-22(20)28-17/h2-12,15,17H,13-14H2,1H3,(H,26,27). The minimum atomic E-state index is -1.03. The van der Waals surface area contributed by atoms with Crippen molar-refractivity contribution in [2.24, 2.45) is 0 Å². The van der Waals surface area contributed by atoms with Crippen molar-refractivity contribution in [2.75, 3.05) is 6.54 Å². The SMILES string of the molecule is CC(c1cccc2ccccc12)N(CC1CC(=O)c2ccccc2O1)C(=O)O. The van der Waals surface area contributed by atoms with Crippen LogP contribution in [0.25, 0.3) is 10.8 Å². The third kappa shape index (κ3) is 3.31. The molecule has 3 aromatic rings. The Bertz CT molecular complexity index is 1040. The van der Waals surface area contributed by atoms with Gasteiger partial charge < -0.3 is 9.84 Å². The smallest absolute Gasteiger partial charge is 0.407 e. The predicted molar refractivity (Wildman–Crippen MR) is 107 cm³/mol. The Labute approximate surface area is 163 Å². The molecule has 0 aromatic heterocycles. The monoisotopic (exact) mass is 375 g/mol. The molecule has 5 heteroatoms. The molecular formula is C23H21NO4. The van der Waals surface area contributed by atoms with Crippen LogP contribution in [-0.4, -0.2) is 34.5 Å². The second-order valence-electron chi connectivity index (χ2n) is 7.04. The van der Waals surface area contributed by atoms with E-state index in [0.717, 1.165) is 16.3 Å². The molecule has 1 aliphatic heterocycles. The maximum absolute atomic E-state index is 12.4. The van der Waals surface area contributed by atoms with Crippen LogP contribution in [0.4, 0.5) is 4.79 Å². The van der Waals surface area contributed by atoms with Crippen molar-refractivity contribution in [1.29, 1.82) is 0 Å². The van der Waals surface area contributed by atoms with Gasteiger partial charge in [0.05, 0.1) is 18.2 Å². The van der Waals surface area contributed by atoms with Gasteiger partial charge in [0.1, 0.15) is 11.9 Å². The van der Waals surface area contributed by atoms with E-state index in [9.17, 15) is 14.7 Å². The van der Waals surface area contributed by atoms with Crippen molar-refractivity contribution in [3.8, 4) is 5.75 Å². The molecule has 28 heavy (non-hydrogen) atoms. The highest BCUT2D eigenvalue weighted by atomic mass is 16.5. The van der Waals surface area contributed by atoms with Crippen LogP contribution in [0.5, 0.6) is 5.75 Å². The quantitative estimate of drug-likeness (QED) is 0.703. The van der Waals surface area contributed by atoms with Crippen molar-refractivity contribution in [2.45, 2.75) is 25.5 Å². The Balaban J connectivity index is 1.61. The predicted octanol–water partition coefficient (Wildman–Crippen LogP) is 4.91.